The van der Waals surface area contributed by atoms with Crippen LogP contribution in [0.5, 0.6) is 0 Å². The first-order valence-corrected chi connectivity index (χ1v) is 6.39. The van der Waals surface area contributed by atoms with E-state index in [0.29, 0.717) is 17.1 Å². The zero-order valence-electron chi connectivity index (χ0n) is 11.8. The minimum absolute atomic E-state index is 0.0558. The number of aryl methyl sites for hydroxylation is 1. The van der Waals surface area contributed by atoms with Crippen LogP contribution >= 0.6 is 0 Å². The van der Waals surface area contributed by atoms with E-state index in [1.807, 2.05) is 45.0 Å². The first-order chi connectivity index (χ1) is 9.54. The Labute approximate surface area is 118 Å². The fourth-order valence-corrected chi connectivity index (χ4v) is 2.03. The minimum Gasteiger partial charge on any atom is -0.398 e. The van der Waals surface area contributed by atoms with Gasteiger partial charge in [-0.15, -0.1) is 5.10 Å². The van der Waals surface area contributed by atoms with Crippen LogP contribution in [-0.4, -0.2) is 10.2 Å². The molecule has 0 saturated heterocycles. The van der Waals surface area contributed by atoms with Gasteiger partial charge in [0.05, 0.1) is 11.7 Å². The maximum Gasteiger partial charge on any atom is 0.167 e. The number of nitriles is 1. The molecule has 0 radical (unpaired) electrons. The molecule has 0 aliphatic rings. The monoisotopic (exact) mass is 267 g/mol. The molecular weight excluding hydrogens is 250 g/mol. The topological polar surface area (TPSA) is 87.6 Å². The van der Waals surface area contributed by atoms with Gasteiger partial charge in [-0.1, -0.05) is 18.2 Å². The van der Waals surface area contributed by atoms with E-state index in [0.717, 1.165) is 16.8 Å². The van der Waals surface area contributed by atoms with Crippen molar-refractivity contribution in [2.24, 2.45) is 0 Å². The van der Waals surface area contributed by atoms with E-state index in [1.165, 1.54) is 0 Å². The molecule has 0 amide bonds. The number of nitrogens with two attached hydrogens (primary N) is 1. The zero-order valence-corrected chi connectivity index (χ0v) is 11.8. The van der Waals surface area contributed by atoms with Gasteiger partial charge in [0, 0.05) is 5.69 Å². The summed E-state index contributed by atoms with van der Waals surface area (Å²) in [6, 6.07) is 9.75. The van der Waals surface area contributed by atoms with Crippen LogP contribution in [0, 0.1) is 25.2 Å². The van der Waals surface area contributed by atoms with Crippen molar-refractivity contribution in [3.05, 3.63) is 46.6 Å². The van der Waals surface area contributed by atoms with Crippen LogP contribution in [0.3, 0.4) is 0 Å². The van der Waals surface area contributed by atoms with Crippen LogP contribution in [-0.2, 0) is 0 Å². The number of rotatable bonds is 3. The quantitative estimate of drug-likeness (QED) is 0.835. The second-order valence-corrected chi connectivity index (χ2v) is 4.74. The third-order valence-electron chi connectivity index (χ3n) is 3.38. The van der Waals surface area contributed by atoms with Crippen LogP contribution in [0.15, 0.2) is 24.3 Å². The van der Waals surface area contributed by atoms with Gasteiger partial charge in [-0.3, -0.25) is 0 Å². The second kappa shape index (κ2) is 5.57. The third-order valence-corrected chi connectivity index (χ3v) is 3.38. The van der Waals surface area contributed by atoms with E-state index >= 15 is 0 Å². The maximum atomic E-state index is 9.28. The fourth-order valence-electron chi connectivity index (χ4n) is 2.03. The van der Waals surface area contributed by atoms with Gasteiger partial charge < -0.3 is 11.1 Å². The molecule has 102 valence electrons. The van der Waals surface area contributed by atoms with Crippen molar-refractivity contribution in [3.63, 3.8) is 0 Å². The van der Waals surface area contributed by atoms with Gasteiger partial charge in [0.25, 0.3) is 0 Å². The van der Waals surface area contributed by atoms with E-state index in [1.54, 1.807) is 0 Å². The predicted molar refractivity (Wildman–Crippen MR) is 79.1 cm³/mol. The molecule has 5 nitrogen and oxygen atoms in total. The Hall–Kier alpha value is -2.61. The molecule has 5 heteroatoms. The summed E-state index contributed by atoms with van der Waals surface area (Å²) in [5.74, 6) is 0.492. The van der Waals surface area contributed by atoms with Crippen LogP contribution in [0.2, 0.25) is 0 Å². The van der Waals surface area contributed by atoms with Gasteiger partial charge in [-0.05, 0) is 38.0 Å². The smallest absolute Gasteiger partial charge is 0.167 e. The molecule has 0 spiro atoms. The number of hydrogen-bond donors (Lipinski definition) is 2. The number of benzene rings is 1. The number of para-hydroxylation sites is 1. The number of nitrogen functional groups attached to an aromatic ring is 1. The molecule has 3 N–H and O–H groups in total. The molecule has 1 atom stereocenters. The fraction of sp³-hybridized carbons (Fsp3) is 0.267. The Kier molecular flexibility index (Phi) is 3.85. The van der Waals surface area contributed by atoms with Gasteiger partial charge in [-0.25, -0.2) is 0 Å². The molecule has 0 fully saturated rings. The highest BCUT2D eigenvalue weighted by molar-refractivity contribution is 5.58. The summed E-state index contributed by atoms with van der Waals surface area (Å²) in [5.41, 5.74) is 9.77. The van der Waals surface area contributed by atoms with Crippen molar-refractivity contribution in [3.8, 4) is 6.07 Å². The summed E-state index contributed by atoms with van der Waals surface area (Å²) in [6.45, 7) is 5.69. The second-order valence-electron chi connectivity index (χ2n) is 4.74. The number of aromatic nitrogens is 2. The van der Waals surface area contributed by atoms with E-state index < -0.39 is 0 Å². The minimum atomic E-state index is -0.0558. The van der Waals surface area contributed by atoms with Gasteiger partial charge in [-0.2, -0.15) is 10.4 Å². The number of nitrogens with zero attached hydrogens (tertiary/aromatic N) is 3. The summed E-state index contributed by atoms with van der Waals surface area (Å²) < 4.78 is 0. The van der Waals surface area contributed by atoms with Crippen molar-refractivity contribution >= 4 is 11.5 Å². The van der Waals surface area contributed by atoms with Gasteiger partial charge in [0.1, 0.15) is 11.6 Å². The van der Waals surface area contributed by atoms with Crippen LogP contribution < -0.4 is 11.1 Å². The van der Waals surface area contributed by atoms with Gasteiger partial charge in [0.2, 0.25) is 0 Å². The van der Waals surface area contributed by atoms with E-state index in [4.69, 9.17) is 5.73 Å². The van der Waals surface area contributed by atoms with Crippen molar-refractivity contribution in [2.75, 3.05) is 11.1 Å². The summed E-state index contributed by atoms with van der Waals surface area (Å²) in [7, 11) is 0. The predicted octanol–water partition coefficient (Wildman–Crippen LogP) is 2.72. The highest BCUT2D eigenvalue weighted by Gasteiger charge is 2.15. The number of hydrogen-bond acceptors (Lipinski definition) is 5. The lowest BCUT2D eigenvalue weighted by Crippen LogP contribution is -2.13. The van der Waals surface area contributed by atoms with Crippen LogP contribution in [0.4, 0.5) is 11.5 Å². The van der Waals surface area contributed by atoms with Gasteiger partial charge >= 0.3 is 0 Å². The summed E-state index contributed by atoms with van der Waals surface area (Å²) >= 11 is 0. The average Bonchev–Trinajstić information content (AvgIpc) is 2.43. The summed E-state index contributed by atoms with van der Waals surface area (Å²) in [6.07, 6.45) is 0. The summed E-state index contributed by atoms with van der Waals surface area (Å²) in [5, 5.41) is 20.6. The third kappa shape index (κ3) is 2.54. The maximum absolute atomic E-state index is 9.28. The normalized spacial score (nSPS) is 11.7. The Morgan fingerprint density at radius 1 is 1.25 bits per heavy atom. The molecule has 0 aliphatic carbocycles. The first kappa shape index (κ1) is 13.8. The van der Waals surface area contributed by atoms with Crippen molar-refractivity contribution in [2.45, 2.75) is 26.8 Å². The highest BCUT2D eigenvalue weighted by atomic mass is 15.2. The van der Waals surface area contributed by atoms with E-state index in [2.05, 4.69) is 21.6 Å². The molecule has 0 bridgehead atoms. The summed E-state index contributed by atoms with van der Waals surface area (Å²) in [4.78, 5) is 0. The van der Waals surface area contributed by atoms with Crippen molar-refractivity contribution in [1.29, 1.82) is 5.26 Å². The molecule has 2 rings (SSSR count). The Balaban J connectivity index is 2.34. The lowest BCUT2D eigenvalue weighted by molar-refractivity contribution is 0.852. The first-order valence-electron chi connectivity index (χ1n) is 6.39. The highest BCUT2D eigenvalue weighted by Crippen LogP contribution is 2.25. The Bertz CT molecular complexity index is 672. The molecule has 2 aromatic rings. The molecule has 0 aliphatic heterocycles. The Morgan fingerprint density at radius 2 is 1.95 bits per heavy atom. The molecular formula is C15H17N5. The average molecular weight is 267 g/mol. The molecule has 0 saturated carbocycles. The van der Waals surface area contributed by atoms with Crippen LogP contribution in [0.1, 0.15) is 35.3 Å². The van der Waals surface area contributed by atoms with Crippen molar-refractivity contribution < 1.29 is 0 Å². The molecule has 20 heavy (non-hydrogen) atoms. The lowest BCUT2D eigenvalue weighted by Gasteiger charge is -2.18. The molecule has 1 aromatic carbocycles. The van der Waals surface area contributed by atoms with Gasteiger partial charge in [0.15, 0.2) is 5.82 Å². The molecule has 1 heterocycles. The largest absolute Gasteiger partial charge is 0.398 e. The SMILES string of the molecule is Cc1nnc(NC(C)c2ccccc2N)c(C#N)c1C. The van der Waals surface area contributed by atoms with E-state index in [-0.39, 0.29) is 6.04 Å². The van der Waals surface area contributed by atoms with Crippen LogP contribution in [0.25, 0.3) is 0 Å². The zero-order chi connectivity index (χ0) is 14.7. The molecule has 1 aromatic heterocycles. The molecule has 1 unspecified atom stereocenters. The standard InChI is InChI=1S/C15H17N5/c1-9-10(2)19-20-15(13(9)8-16)18-11(3)12-6-4-5-7-14(12)17/h4-7,11H,17H2,1-3H3,(H,18,20). The van der Waals surface area contributed by atoms with E-state index in [9.17, 15) is 5.26 Å². The number of nitrogens with one attached hydrogen (secondary N) is 1. The number of anilines is 2. The Morgan fingerprint density at radius 3 is 2.60 bits per heavy atom. The van der Waals surface area contributed by atoms with Crippen molar-refractivity contribution in [1.82, 2.24) is 10.2 Å². The lowest BCUT2D eigenvalue weighted by atomic mass is 10.1.